The molecule has 0 aromatic carbocycles. The second-order valence-electron chi connectivity index (χ2n) is 5.78. The van der Waals surface area contributed by atoms with Gasteiger partial charge in [-0.2, -0.15) is 0 Å². The molecule has 0 bridgehead atoms. The average Bonchev–Trinajstić information content (AvgIpc) is 2.67. The minimum absolute atomic E-state index is 0. The Hall–Kier alpha value is -1.17. The Morgan fingerprint density at radius 3 is 2.61 bits per heavy atom. The van der Waals surface area contributed by atoms with E-state index in [0.29, 0.717) is 35.2 Å². The SMILES string of the molecule is CCC[C@@H](CCO)[N-]c1nc(N)ncc1OCc1nccc(OC)c1OC.[K+]. The van der Waals surface area contributed by atoms with Crippen LogP contribution in [0.25, 0.3) is 5.32 Å². The number of nitrogen functional groups attached to an aromatic ring is 1. The quantitative estimate of drug-likeness (QED) is 0.475. The summed E-state index contributed by atoms with van der Waals surface area (Å²) in [5, 5.41) is 13.8. The normalized spacial score (nSPS) is 11.3. The van der Waals surface area contributed by atoms with Crippen LogP contribution in [0.4, 0.5) is 11.8 Å². The van der Waals surface area contributed by atoms with Crippen molar-refractivity contribution in [2.24, 2.45) is 0 Å². The molecular formula is C18H26KN5O4. The Morgan fingerprint density at radius 2 is 1.96 bits per heavy atom. The van der Waals surface area contributed by atoms with Gasteiger partial charge in [-0.05, 0) is 18.3 Å². The number of hydrogen-bond acceptors (Lipinski definition) is 8. The number of anilines is 1. The molecule has 0 unspecified atom stereocenters. The van der Waals surface area contributed by atoms with E-state index in [4.69, 9.17) is 19.9 Å². The first-order chi connectivity index (χ1) is 13.1. The minimum atomic E-state index is -0.0684. The summed E-state index contributed by atoms with van der Waals surface area (Å²) in [6.07, 6.45) is 5.41. The summed E-state index contributed by atoms with van der Waals surface area (Å²) in [5.41, 5.74) is 6.28. The Kier molecular flexibility index (Phi) is 11.7. The van der Waals surface area contributed by atoms with Gasteiger partial charge in [-0.3, -0.25) is 4.98 Å². The molecule has 0 amide bonds. The Labute approximate surface area is 207 Å². The van der Waals surface area contributed by atoms with E-state index in [1.54, 1.807) is 26.5 Å². The van der Waals surface area contributed by atoms with Gasteiger partial charge in [0.05, 0.1) is 20.4 Å². The Bertz CT molecular complexity index is 729. The summed E-state index contributed by atoms with van der Waals surface area (Å²) in [7, 11) is 3.10. The molecule has 9 nitrogen and oxygen atoms in total. The van der Waals surface area contributed by atoms with Crippen molar-refractivity contribution >= 4 is 11.8 Å². The first kappa shape index (κ1) is 24.9. The van der Waals surface area contributed by atoms with Gasteiger partial charge in [0, 0.05) is 18.9 Å². The molecule has 1 atom stereocenters. The smallest absolute Gasteiger partial charge is 0.493 e. The van der Waals surface area contributed by atoms with Gasteiger partial charge in [0.25, 0.3) is 0 Å². The van der Waals surface area contributed by atoms with E-state index in [9.17, 15) is 5.11 Å². The minimum Gasteiger partial charge on any atom is -0.493 e. The second-order valence-corrected chi connectivity index (χ2v) is 5.78. The summed E-state index contributed by atoms with van der Waals surface area (Å²) in [4.78, 5) is 12.4. The Morgan fingerprint density at radius 1 is 1.18 bits per heavy atom. The number of ether oxygens (including phenoxy) is 3. The molecule has 2 heterocycles. The number of aliphatic hydroxyl groups is 1. The number of aromatic nitrogens is 3. The van der Waals surface area contributed by atoms with Crippen molar-refractivity contribution < 1.29 is 70.7 Å². The standard InChI is InChI=1S/C18H26N5O4.K/c1-4-5-12(7-9-24)22-17-15(10-21-18(19)23-17)27-11-13-16(26-3)14(25-2)6-8-20-13;/h6,8,10,12,24H,4-5,7,9,11H2,1-3H3,(H2-,19,21,22,23);/q-1;+1/t12-;/m0./s1. The van der Waals surface area contributed by atoms with Crippen molar-refractivity contribution in [1.82, 2.24) is 15.0 Å². The molecule has 0 fully saturated rings. The molecule has 0 spiro atoms. The number of rotatable bonds is 11. The molecule has 0 radical (unpaired) electrons. The zero-order valence-corrected chi connectivity index (χ0v) is 20.0. The van der Waals surface area contributed by atoms with Crippen molar-refractivity contribution in [1.29, 1.82) is 0 Å². The third-order valence-corrected chi connectivity index (χ3v) is 3.87. The fourth-order valence-electron chi connectivity index (χ4n) is 2.60. The molecule has 3 N–H and O–H groups in total. The number of hydrogen-bond donors (Lipinski definition) is 2. The number of nitrogens with two attached hydrogens (primary N) is 1. The van der Waals surface area contributed by atoms with Gasteiger partial charge in [-0.25, -0.2) is 4.98 Å². The van der Waals surface area contributed by atoms with Gasteiger partial charge in [0.2, 0.25) is 0 Å². The van der Waals surface area contributed by atoms with Gasteiger partial charge in [0.15, 0.2) is 11.5 Å². The van der Waals surface area contributed by atoms with Crippen molar-refractivity contribution in [2.75, 3.05) is 26.6 Å². The van der Waals surface area contributed by atoms with Crippen molar-refractivity contribution in [3.05, 3.63) is 29.5 Å². The third-order valence-electron chi connectivity index (χ3n) is 3.87. The molecule has 0 saturated carbocycles. The van der Waals surface area contributed by atoms with E-state index in [0.717, 1.165) is 12.8 Å². The van der Waals surface area contributed by atoms with Gasteiger partial charge >= 0.3 is 51.4 Å². The molecule has 0 aliphatic rings. The molecule has 0 aliphatic carbocycles. The van der Waals surface area contributed by atoms with E-state index in [2.05, 4.69) is 27.2 Å². The first-order valence-corrected chi connectivity index (χ1v) is 8.75. The molecule has 28 heavy (non-hydrogen) atoms. The molecule has 2 rings (SSSR count). The van der Waals surface area contributed by atoms with E-state index >= 15 is 0 Å². The molecule has 2 aromatic rings. The van der Waals surface area contributed by atoms with Crippen molar-refractivity contribution in [2.45, 2.75) is 38.8 Å². The van der Waals surface area contributed by atoms with E-state index < -0.39 is 0 Å². The topological polar surface area (TPSA) is 127 Å². The summed E-state index contributed by atoms with van der Waals surface area (Å²) in [6.45, 7) is 2.23. The number of aliphatic hydroxyl groups excluding tert-OH is 1. The zero-order chi connectivity index (χ0) is 19.6. The van der Waals surface area contributed by atoms with Gasteiger partial charge in [-0.1, -0.05) is 19.8 Å². The number of methoxy groups -OCH3 is 2. The van der Waals surface area contributed by atoms with E-state index in [1.165, 1.54) is 6.20 Å². The van der Waals surface area contributed by atoms with E-state index in [1.807, 2.05) is 0 Å². The van der Waals surface area contributed by atoms with Crippen molar-refractivity contribution in [3.8, 4) is 17.2 Å². The summed E-state index contributed by atoms with van der Waals surface area (Å²) >= 11 is 0. The van der Waals surface area contributed by atoms with Crippen LogP contribution < -0.4 is 71.3 Å². The molecular weight excluding hydrogens is 389 g/mol. The maximum Gasteiger partial charge on any atom is 1.00 e. The second kappa shape index (κ2) is 13.1. The van der Waals surface area contributed by atoms with Crippen LogP contribution in [0.2, 0.25) is 0 Å². The zero-order valence-electron chi connectivity index (χ0n) is 16.9. The third kappa shape index (κ3) is 7.01. The summed E-state index contributed by atoms with van der Waals surface area (Å²) in [5.74, 6) is 1.91. The molecule has 0 aliphatic heterocycles. The van der Waals surface area contributed by atoms with Crippen LogP contribution in [0.1, 0.15) is 31.9 Å². The number of nitrogens with zero attached hydrogens (tertiary/aromatic N) is 4. The largest absolute Gasteiger partial charge is 1.00 e. The summed E-state index contributed by atoms with van der Waals surface area (Å²) in [6, 6.07) is 1.64. The fraction of sp³-hybridized carbons (Fsp3) is 0.500. The average molecular weight is 416 g/mol. The number of pyridine rings is 1. The van der Waals surface area contributed by atoms with Gasteiger partial charge in [-0.15, -0.1) is 0 Å². The van der Waals surface area contributed by atoms with Crippen LogP contribution in [0.3, 0.4) is 0 Å². The first-order valence-electron chi connectivity index (χ1n) is 8.75. The van der Waals surface area contributed by atoms with Crippen molar-refractivity contribution in [3.63, 3.8) is 0 Å². The van der Waals surface area contributed by atoms with Crippen LogP contribution in [-0.4, -0.2) is 46.9 Å². The molecule has 2 aromatic heterocycles. The monoisotopic (exact) mass is 415 g/mol. The molecule has 148 valence electrons. The fourth-order valence-corrected chi connectivity index (χ4v) is 2.60. The summed E-state index contributed by atoms with van der Waals surface area (Å²) < 4.78 is 16.5. The maximum absolute atomic E-state index is 9.24. The van der Waals surface area contributed by atoms with Gasteiger partial charge in [0.1, 0.15) is 24.0 Å². The van der Waals surface area contributed by atoms with Crippen LogP contribution in [-0.2, 0) is 6.61 Å². The van der Waals surface area contributed by atoms with Crippen LogP contribution in [0, 0.1) is 0 Å². The predicted octanol–water partition coefficient (Wildman–Crippen LogP) is -0.390. The van der Waals surface area contributed by atoms with Crippen LogP contribution in [0.15, 0.2) is 18.5 Å². The predicted molar refractivity (Wildman–Crippen MR) is 102 cm³/mol. The van der Waals surface area contributed by atoms with E-state index in [-0.39, 0.29) is 76.6 Å². The van der Waals surface area contributed by atoms with Crippen LogP contribution in [0.5, 0.6) is 17.2 Å². The molecule has 0 saturated heterocycles. The Balaban J connectivity index is 0.00000392. The van der Waals surface area contributed by atoms with Gasteiger partial charge < -0.3 is 35.4 Å². The molecule has 10 heteroatoms. The van der Waals surface area contributed by atoms with Crippen LogP contribution >= 0.6 is 0 Å². The maximum atomic E-state index is 9.24.